The van der Waals surface area contributed by atoms with Gasteiger partial charge >= 0.3 is 24.0 Å². The molecule has 0 saturated heterocycles. The van der Waals surface area contributed by atoms with E-state index in [0.29, 0.717) is 4.90 Å². The van der Waals surface area contributed by atoms with Gasteiger partial charge in [-0.25, -0.2) is 4.68 Å². The molecule has 0 aliphatic heterocycles. The molecule has 26 heavy (non-hydrogen) atoms. The van der Waals surface area contributed by atoms with E-state index in [1.165, 1.54) is 18.4 Å². The van der Waals surface area contributed by atoms with E-state index in [2.05, 4.69) is 14.8 Å². The fraction of sp³-hybridized carbons (Fsp3) is 0.385. The lowest BCUT2D eigenvalue weighted by Gasteiger charge is -2.27. The molecule has 0 spiro atoms. The van der Waals surface area contributed by atoms with Crippen molar-refractivity contribution >= 4 is 10.8 Å². The van der Waals surface area contributed by atoms with Crippen LogP contribution in [0.5, 0.6) is 6.01 Å². The third kappa shape index (κ3) is 3.81. The van der Waals surface area contributed by atoms with Gasteiger partial charge in [-0.2, -0.15) is 35.7 Å². The normalized spacial score (nSPS) is 14.3. The van der Waals surface area contributed by atoms with Crippen LogP contribution in [0.1, 0.15) is 0 Å². The molecule has 0 aliphatic rings. The summed E-state index contributed by atoms with van der Waals surface area (Å²) in [6, 6.07) is 5.23. The number of para-hydroxylation sites is 1. The zero-order chi connectivity index (χ0) is 19.8. The molecule has 0 bridgehead atoms. The molecule has 0 radical (unpaired) electrons. The summed E-state index contributed by atoms with van der Waals surface area (Å²) in [5, 5.41) is 3.56. The van der Waals surface area contributed by atoms with Gasteiger partial charge in [0.1, 0.15) is 6.33 Å². The van der Waals surface area contributed by atoms with E-state index in [4.69, 9.17) is 0 Å². The summed E-state index contributed by atoms with van der Waals surface area (Å²) in [5.74, 6) is -11.8. The Kier molecular flexibility index (Phi) is 5.31. The van der Waals surface area contributed by atoms with Crippen molar-refractivity contribution in [1.29, 1.82) is 0 Å². The lowest BCUT2D eigenvalue weighted by atomic mass is 10.2. The summed E-state index contributed by atoms with van der Waals surface area (Å²) in [6.07, 6.45) is -4.13. The molecule has 1 heterocycles. The fourth-order valence-corrected chi connectivity index (χ4v) is 2.50. The minimum absolute atomic E-state index is 0.239. The van der Waals surface area contributed by atoms with Crippen LogP contribution in [0.2, 0.25) is 0 Å². The topological polar surface area (TPSA) is 57.0 Å². The van der Waals surface area contributed by atoms with E-state index >= 15 is 0 Å². The van der Waals surface area contributed by atoms with E-state index in [1.807, 2.05) is 0 Å². The first-order valence-corrected chi connectivity index (χ1v) is 8.22. The lowest BCUT2D eigenvalue weighted by Crippen LogP contribution is -2.54. The molecule has 2 aromatic rings. The highest BCUT2D eigenvalue weighted by molar-refractivity contribution is 7.84. The first-order chi connectivity index (χ1) is 11.9. The minimum atomic E-state index is -6.45. The Balaban J connectivity index is 2.19. The van der Waals surface area contributed by atoms with Crippen molar-refractivity contribution in [3.63, 3.8) is 0 Å². The van der Waals surface area contributed by atoms with E-state index < -0.39 is 41.4 Å². The molecule has 0 saturated carbocycles. The van der Waals surface area contributed by atoms with Gasteiger partial charge in [0, 0.05) is 6.26 Å². The number of hydrogen-bond acceptors (Lipinski definition) is 4. The van der Waals surface area contributed by atoms with Gasteiger partial charge in [-0.3, -0.25) is 4.21 Å². The van der Waals surface area contributed by atoms with Crippen molar-refractivity contribution in [3.05, 3.63) is 30.6 Å². The predicted octanol–water partition coefficient (Wildman–Crippen LogP) is 3.22. The quantitative estimate of drug-likeness (QED) is 0.693. The van der Waals surface area contributed by atoms with Crippen molar-refractivity contribution in [2.45, 2.75) is 22.9 Å². The standard InChI is InChI=1S/C13H10F7N3O2S/c1-26(24)9-5-3-2-4-8(9)23-7-21-10(22-23)25-6-11(14,15)12(16,17)13(18,19)20/h2-5,7H,6H2,1H3. The highest BCUT2D eigenvalue weighted by Gasteiger charge is 2.73. The molecule has 0 fully saturated rings. The third-order valence-corrected chi connectivity index (χ3v) is 4.06. The zero-order valence-electron chi connectivity index (χ0n) is 12.8. The number of nitrogens with zero attached hydrogens (tertiary/aromatic N) is 3. The maximum Gasteiger partial charge on any atom is 0.460 e. The van der Waals surface area contributed by atoms with Gasteiger partial charge in [0.05, 0.1) is 21.4 Å². The van der Waals surface area contributed by atoms with Crippen LogP contribution in [0, 0.1) is 0 Å². The molecule has 1 aromatic heterocycles. The van der Waals surface area contributed by atoms with Gasteiger partial charge in [-0.15, -0.1) is 5.10 Å². The largest absolute Gasteiger partial charge is 0.460 e. The molecule has 0 aliphatic carbocycles. The highest BCUT2D eigenvalue weighted by atomic mass is 32.2. The van der Waals surface area contributed by atoms with E-state index in [9.17, 15) is 34.9 Å². The molecule has 0 N–H and O–H groups in total. The minimum Gasteiger partial charge on any atom is -0.456 e. The van der Waals surface area contributed by atoms with Crippen molar-refractivity contribution in [3.8, 4) is 11.7 Å². The first-order valence-electron chi connectivity index (χ1n) is 6.66. The molecule has 13 heteroatoms. The Bertz CT molecular complexity index is 807. The SMILES string of the molecule is CS(=O)c1ccccc1-n1cnc(OCC(F)(F)C(F)(F)C(F)(F)F)n1. The Morgan fingerprint density at radius 3 is 2.31 bits per heavy atom. The number of rotatable bonds is 6. The second kappa shape index (κ2) is 6.85. The van der Waals surface area contributed by atoms with Crippen LogP contribution in [0.15, 0.2) is 35.5 Å². The maximum atomic E-state index is 13.2. The van der Waals surface area contributed by atoms with Crippen LogP contribution in [-0.4, -0.2) is 49.9 Å². The molecule has 1 atom stereocenters. The van der Waals surface area contributed by atoms with Gasteiger partial charge in [0.15, 0.2) is 6.61 Å². The Labute approximate surface area is 144 Å². The molecule has 5 nitrogen and oxygen atoms in total. The number of halogens is 7. The van der Waals surface area contributed by atoms with Crippen LogP contribution in [-0.2, 0) is 10.8 Å². The van der Waals surface area contributed by atoms with E-state index in [1.54, 1.807) is 12.1 Å². The van der Waals surface area contributed by atoms with Gasteiger partial charge < -0.3 is 4.74 Å². The third-order valence-electron chi connectivity index (χ3n) is 3.09. The van der Waals surface area contributed by atoms with Gasteiger partial charge in [-0.1, -0.05) is 12.1 Å². The summed E-state index contributed by atoms with van der Waals surface area (Å²) in [6.45, 7) is -2.29. The van der Waals surface area contributed by atoms with Crippen LogP contribution in [0.4, 0.5) is 30.7 Å². The smallest absolute Gasteiger partial charge is 0.456 e. The molecular formula is C13H10F7N3O2S. The highest BCUT2D eigenvalue weighted by Crippen LogP contribution is 2.46. The van der Waals surface area contributed by atoms with E-state index in [-0.39, 0.29) is 5.69 Å². The van der Waals surface area contributed by atoms with E-state index in [0.717, 1.165) is 11.0 Å². The number of benzene rings is 1. The van der Waals surface area contributed by atoms with Crippen molar-refractivity contribution in [2.24, 2.45) is 0 Å². The molecule has 1 aromatic carbocycles. The summed E-state index contributed by atoms with van der Waals surface area (Å²) in [7, 11) is -1.44. The average molecular weight is 405 g/mol. The van der Waals surface area contributed by atoms with Gasteiger partial charge in [0.2, 0.25) is 0 Å². The summed E-state index contributed by atoms with van der Waals surface area (Å²) >= 11 is 0. The molecular weight excluding hydrogens is 395 g/mol. The molecule has 0 amide bonds. The van der Waals surface area contributed by atoms with Crippen LogP contribution in [0.3, 0.4) is 0 Å². The summed E-state index contributed by atoms with van der Waals surface area (Å²) < 4.78 is 105. The lowest BCUT2D eigenvalue weighted by molar-refractivity contribution is -0.358. The first kappa shape index (κ1) is 20.1. The number of ether oxygens (including phenoxy) is 1. The van der Waals surface area contributed by atoms with Crippen LogP contribution < -0.4 is 4.74 Å². The monoisotopic (exact) mass is 405 g/mol. The maximum absolute atomic E-state index is 13.2. The van der Waals surface area contributed by atoms with Crippen LogP contribution >= 0.6 is 0 Å². The second-order valence-corrected chi connectivity index (χ2v) is 6.31. The summed E-state index contributed by atoms with van der Waals surface area (Å²) in [4.78, 5) is 3.72. The Morgan fingerprint density at radius 1 is 1.12 bits per heavy atom. The van der Waals surface area contributed by atoms with Crippen molar-refractivity contribution < 1.29 is 39.7 Å². The van der Waals surface area contributed by atoms with Gasteiger partial charge in [-0.05, 0) is 12.1 Å². The number of hydrogen-bond donors (Lipinski definition) is 0. The van der Waals surface area contributed by atoms with Crippen molar-refractivity contribution in [1.82, 2.24) is 14.8 Å². The average Bonchev–Trinajstić information content (AvgIpc) is 3.00. The predicted molar refractivity (Wildman–Crippen MR) is 75.1 cm³/mol. The number of aromatic nitrogens is 3. The molecule has 144 valence electrons. The fourth-order valence-electron chi connectivity index (χ4n) is 1.77. The molecule has 1 unspecified atom stereocenters. The summed E-state index contributed by atoms with van der Waals surface area (Å²) in [5.41, 5.74) is 0.239. The van der Waals surface area contributed by atoms with Crippen molar-refractivity contribution in [2.75, 3.05) is 12.9 Å². The Hall–Kier alpha value is -2.18. The van der Waals surface area contributed by atoms with Gasteiger partial charge in [0.25, 0.3) is 0 Å². The zero-order valence-corrected chi connectivity index (χ0v) is 13.6. The van der Waals surface area contributed by atoms with Crippen LogP contribution in [0.25, 0.3) is 5.69 Å². The Morgan fingerprint density at radius 2 is 1.73 bits per heavy atom. The molecule has 2 rings (SSSR count). The number of alkyl halides is 7. The second-order valence-electron chi connectivity index (χ2n) is 4.96.